The third-order valence-electron chi connectivity index (χ3n) is 3.55. The highest BCUT2D eigenvalue weighted by atomic mass is 35.5. The number of benzene rings is 1. The summed E-state index contributed by atoms with van der Waals surface area (Å²) in [6.45, 7) is 3.26. The molecule has 1 aliphatic heterocycles. The molecule has 1 fully saturated rings. The fourth-order valence-electron chi connectivity index (χ4n) is 2.40. The van der Waals surface area contributed by atoms with E-state index in [1.807, 2.05) is 0 Å². The number of hydrogen-bond acceptors (Lipinski definition) is 4. The first-order valence-electron chi connectivity index (χ1n) is 7.68. The lowest BCUT2D eigenvalue weighted by molar-refractivity contribution is -0.124. The topological polar surface area (TPSA) is 67.9 Å². The quantitative estimate of drug-likeness (QED) is 0.894. The van der Waals surface area contributed by atoms with Gasteiger partial charge in [-0.3, -0.25) is 4.79 Å². The van der Waals surface area contributed by atoms with Crippen LogP contribution in [0.2, 0.25) is 5.02 Å². The monoisotopic (exact) mass is 340 g/mol. The Kier molecular flexibility index (Phi) is 6.52. The molecule has 0 aromatic heterocycles. The van der Waals surface area contributed by atoms with Gasteiger partial charge >= 0.3 is 6.09 Å². The van der Waals surface area contributed by atoms with E-state index in [9.17, 15) is 9.59 Å². The average molecular weight is 341 g/mol. The number of carbonyl (C=O) groups is 2. The molecule has 0 unspecified atom stereocenters. The third kappa shape index (κ3) is 5.63. The molecule has 1 aromatic carbocycles. The summed E-state index contributed by atoms with van der Waals surface area (Å²) >= 11 is 5.85. The number of nitrogens with one attached hydrogen (secondary N) is 1. The number of carbonyl (C=O) groups excluding carboxylic acids is 2. The summed E-state index contributed by atoms with van der Waals surface area (Å²) < 4.78 is 10.4. The van der Waals surface area contributed by atoms with Crippen LogP contribution in [0.3, 0.4) is 0 Å². The van der Waals surface area contributed by atoms with Crippen molar-refractivity contribution >= 4 is 23.6 Å². The van der Waals surface area contributed by atoms with Crippen molar-refractivity contribution in [1.82, 2.24) is 10.2 Å². The van der Waals surface area contributed by atoms with Gasteiger partial charge in [0.05, 0.1) is 6.61 Å². The van der Waals surface area contributed by atoms with Gasteiger partial charge in [-0.15, -0.1) is 0 Å². The summed E-state index contributed by atoms with van der Waals surface area (Å²) in [5.41, 5.74) is 0. The molecule has 2 amide bonds. The second-order valence-corrected chi connectivity index (χ2v) is 5.71. The van der Waals surface area contributed by atoms with Gasteiger partial charge in [-0.1, -0.05) is 17.7 Å². The molecule has 1 saturated heterocycles. The van der Waals surface area contributed by atoms with Crippen molar-refractivity contribution in [2.75, 3.05) is 26.3 Å². The van der Waals surface area contributed by atoms with Crippen LogP contribution < -0.4 is 10.1 Å². The largest absolute Gasteiger partial charge is 0.484 e. The molecule has 2 rings (SSSR count). The molecule has 1 aromatic rings. The number of hydrogen-bond donors (Lipinski definition) is 1. The van der Waals surface area contributed by atoms with Crippen molar-refractivity contribution in [3.63, 3.8) is 0 Å². The van der Waals surface area contributed by atoms with E-state index in [-0.39, 0.29) is 24.6 Å². The number of rotatable bonds is 5. The molecule has 0 radical (unpaired) electrons. The minimum Gasteiger partial charge on any atom is -0.484 e. The molecular formula is C16H21ClN2O4. The second-order valence-electron chi connectivity index (χ2n) is 5.27. The van der Waals surface area contributed by atoms with Crippen LogP contribution in [0.1, 0.15) is 19.8 Å². The standard InChI is InChI=1S/C16H21ClN2O4/c1-2-22-16(21)19-8-6-13(7-9-19)18-15(20)11-23-14-5-3-4-12(17)10-14/h3-5,10,13H,2,6-9,11H2,1H3,(H,18,20). The predicted molar refractivity (Wildman–Crippen MR) is 86.7 cm³/mol. The molecule has 1 heterocycles. The Morgan fingerprint density at radius 1 is 1.35 bits per heavy atom. The Balaban J connectivity index is 1.69. The maximum absolute atomic E-state index is 11.9. The lowest BCUT2D eigenvalue weighted by Gasteiger charge is -2.31. The van der Waals surface area contributed by atoms with Crippen molar-refractivity contribution < 1.29 is 19.1 Å². The summed E-state index contributed by atoms with van der Waals surface area (Å²) in [7, 11) is 0. The molecule has 1 N–H and O–H groups in total. The van der Waals surface area contributed by atoms with Crippen molar-refractivity contribution in [1.29, 1.82) is 0 Å². The van der Waals surface area contributed by atoms with Crippen molar-refractivity contribution in [2.45, 2.75) is 25.8 Å². The summed E-state index contributed by atoms with van der Waals surface area (Å²) in [5.74, 6) is 0.379. The van der Waals surface area contributed by atoms with E-state index < -0.39 is 0 Å². The number of piperidine rings is 1. The van der Waals surface area contributed by atoms with E-state index in [4.69, 9.17) is 21.1 Å². The highest BCUT2D eigenvalue weighted by molar-refractivity contribution is 6.30. The van der Waals surface area contributed by atoms with E-state index in [0.717, 1.165) is 0 Å². The molecule has 6 nitrogen and oxygen atoms in total. The molecule has 0 bridgehead atoms. The number of amides is 2. The smallest absolute Gasteiger partial charge is 0.409 e. The number of likely N-dealkylation sites (tertiary alicyclic amines) is 1. The molecule has 7 heteroatoms. The Labute approximate surface area is 140 Å². The Morgan fingerprint density at radius 3 is 2.74 bits per heavy atom. The zero-order valence-corrected chi connectivity index (χ0v) is 13.8. The van der Waals surface area contributed by atoms with Gasteiger partial charge in [0.25, 0.3) is 5.91 Å². The maximum atomic E-state index is 11.9. The van der Waals surface area contributed by atoms with E-state index in [2.05, 4.69) is 5.32 Å². The summed E-state index contributed by atoms with van der Waals surface area (Å²) in [5, 5.41) is 3.48. The summed E-state index contributed by atoms with van der Waals surface area (Å²) in [6.07, 6.45) is 1.13. The lowest BCUT2D eigenvalue weighted by atomic mass is 10.1. The Morgan fingerprint density at radius 2 is 2.09 bits per heavy atom. The molecule has 1 aliphatic rings. The first-order valence-corrected chi connectivity index (χ1v) is 8.05. The van der Waals surface area contributed by atoms with Crippen LogP contribution in [-0.2, 0) is 9.53 Å². The van der Waals surface area contributed by atoms with Crippen LogP contribution >= 0.6 is 11.6 Å². The van der Waals surface area contributed by atoms with Crippen LogP contribution in [0.4, 0.5) is 4.79 Å². The van der Waals surface area contributed by atoms with E-state index in [0.29, 0.717) is 43.3 Å². The zero-order chi connectivity index (χ0) is 16.7. The minimum atomic E-state index is -0.290. The fraction of sp³-hybridized carbons (Fsp3) is 0.500. The second kappa shape index (κ2) is 8.62. The van der Waals surface area contributed by atoms with Gasteiger partial charge in [-0.05, 0) is 38.0 Å². The van der Waals surface area contributed by atoms with Gasteiger partial charge in [0.1, 0.15) is 5.75 Å². The zero-order valence-electron chi connectivity index (χ0n) is 13.1. The summed E-state index contributed by atoms with van der Waals surface area (Å²) in [6, 6.07) is 6.96. The van der Waals surface area contributed by atoms with Crippen molar-refractivity contribution in [3.05, 3.63) is 29.3 Å². The Hall–Kier alpha value is -1.95. The number of nitrogens with zero attached hydrogens (tertiary/aromatic N) is 1. The maximum Gasteiger partial charge on any atom is 0.409 e. The Bertz CT molecular complexity index is 545. The molecule has 0 aliphatic carbocycles. The van der Waals surface area contributed by atoms with Gasteiger partial charge in [0, 0.05) is 24.2 Å². The number of halogens is 1. The molecule has 0 saturated carbocycles. The highest BCUT2D eigenvalue weighted by Crippen LogP contribution is 2.17. The van der Waals surface area contributed by atoms with Gasteiger partial charge < -0.3 is 19.7 Å². The lowest BCUT2D eigenvalue weighted by Crippen LogP contribution is -2.47. The first-order chi connectivity index (χ1) is 11.1. The molecule has 0 spiro atoms. The van der Waals surface area contributed by atoms with Gasteiger partial charge in [-0.25, -0.2) is 4.79 Å². The van der Waals surface area contributed by atoms with Crippen molar-refractivity contribution in [2.24, 2.45) is 0 Å². The predicted octanol–water partition coefficient (Wildman–Crippen LogP) is 2.46. The average Bonchev–Trinajstić information content (AvgIpc) is 2.54. The van der Waals surface area contributed by atoms with Crippen molar-refractivity contribution in [3.8, 4) is 5.75 Å². The van der Waals surface area contributed by atoms with E-state index >= 15 is 0 Å². The van der Waals surface area contributed by atoms with Crippen LogP contribution in [-0.4, -0.2) is 49.2 Å². The first kappa shape index (κ1) is 17.4. The summed E-state index contributed by atoms with van der Waals surface area (Å²) in [4.78, 5) is 25.2. The van der Waals surface area contributed by atoms with Crippen LogP contribution in [0.25, 0.3) is 0 Å². The fourth-order valence-corrected chi connectivity index (χ4v) is 2.58. The molecule has 23 heavy (non-hydrogen) atoms. The molecule has 126 valence electrons. The SMILES string of the molecule is CCOC(=O)N1CCC(NC(=O)COc2cccc(Cl)c2)CC1. The van der Waals surface area contributed by atoms with Gasteiger partial charge in [0.15, 0.2) is 6.61 Å². The number of ether oxygens (including phenoxy) is 2. The van der Waals surface area contributed by atoms with Gasteiger partial charge in [0.2, 0.25) is 0 Å². The molecular weight excluding hydrogens is 320 g/mol. The van der Waals surface area contributed by atoms with E-state index in [1.165, 1.54) is 0 Å². The molecule has 0 atom stereocenters. The van der Waals surface area contributed by atoms with Crippen LogP contribution in [0.5, 0.6) is 5.75 Å². The van der Waals surface area contributed by atoms with Gasteiger partial charge in [-0.2, -0.15) is 0 Å². The van der Waals surface area contributed by atoms with Crippen LogP contribution in [0, 0.1) is 0 Å². The highest BCUT2D eigenvalue weighted by Gasteiger charge is 2.24. The van der Waals surface area contributed by atoms with E-state index in [1.54, 1.807) is 36.1 Å². The van der Waals surface area contributed by atoms with Crippen LogP contribution in [0.15, 0.2) is 24.3 Å². The minimum absolute atomic E-state index is 0.0520. The third-order valence-corrected chi connectivity index (χ3v) is 3.79. The normalized spacial score (nSPS) is 15.1.